The Hall–Kier alpha value is -0.200. The van der Waals surface area contributed by atoms with Crippen LogP contribution < -0.4 is 0 Å². The lowest BCUT2D eigenvalue weighted by atomic mass is 9.91. The van der Waals surface area contributed by atoms with Crippen molar-refractivity contribution in [1.82, 2.24) is 0 Å². The zero-order chi connectivity index (χ0) is 10.7. The van der Waals surface area contributed by atoms with Gasteiger partial charge in [0.05, 0.1) is 19.3 Å². The van der Waals surface area contributed by atoms with E-state index in [4.69, 9.17) is 18.9 Å². The molecule has 2 bridgehead atoms. The van der Waals surface area contributed by atoms with E-state index in [0.29, 0.717) is 13.0 Å². The van der Waals surface area contributed by atoms with Crippen LogP contribution in [0.15, 0.2) is 0 Å². The molecule has 0 amide bonds. The van der Waals surface area contributed by atoms with Gasteiger partial charge < -0.3 is 24.1 Å². The van der Waals surface area contributed by atoms with Gasteiger partial charge in [-0.25, -0.2) is 0 Å². The summed E-state index contributed by atoms with van der Waals surface area (Å²) in [5.74, 6) is -0.592. The normalized spacial score (nSPS) is 51.8. The number of hydrogen-bond donors (Lipinski definition) is 1. The molecular weight excluding hydrogens is 200 g/mol. The van der Waals surface area contributed by atoms with Gasteiger partial charge in [-0.3, -0.25) is 0 Å². The topological polar surface area (TPSA) is 57.2 Å². The van der Waals surface area contributed by atoms with Crippen molar-refractivity contribution in [2.24, 2.45) is 0 Å². The molecule has 5 heteroatoms. The van der Waals surface area contributed by atoms with Gasteiger partial charge >= 0.3 is 0 Å². The van der Waals surface area contributed by atoms with Crippen LogP contribution in [0, 0.1) is 0 Å². The van der Waals surface area contributed by atoms with Gasteiger partial charge in [-0.15, -0.1) is 0 Å². The summed E-state index contributed by atoms with van der Waals surface area (Å²) in [6.07, 6.45) is 0.163. The highest BCUT2D eigenvalue weighted by Crippen LogP contribution is 2.45. The van der Waals surface area contributed by atoms with Gasteiger partial charge in [-0.1, -0.05) is 0 Å². The highest BCUT2D eigenvalue weighted by Gasteiger charge is 2.61. The summed E-state index contributed by atoms with van der Waals surface area (Å²) in [5.41, 5.74) is -0.721. The fourth-order valence-corrected chi connectivity index (χ4v) is 2.65. The van der Waals surface area contributed by atoms with E-state index in [1.165, 1.54) is 0 Å². The van der Waals surface area contributed by atoms with Gasteiger partial charge in [0, 0.05) is 6.42 Å². The number of hydrogen-bond acceptors (Lipinski definition) is 5. The molecule has 0 aliphatic carbocycles. The molecule has 0 saturated carbocycles. The molecule has 3 aliphatic rings. The molecule has 1 N–H and O–H groups in total. The maximum absolute atomic E-state index is 9.44. The summed E-state index contributed by atoms with van der Waals surface area (Å²) < 4.78 is 22.7. The Morgan fingerprint density at radius 2 is 2.07 bits per heavy atom. The average molecular weight is 216 g/mol. The molecule has 0 spiro atoms. The molecule has 3 saturated heterocycles. The van der Waals surface area contributed by atoms with E-state index in [-0.39, 0.29) is 25.1 Å². The highest BCUT2D eigenvalue weighted by molar-refractivity contribution is 5.04. The number of ether oxygens (including phenoxy) is 4. The third-order valence-electron chi connectivity index (χ3n) is 3.27. The minimum absolute atomic E-state index is 0.0339. The molecule has 3 aliphatic heterocycles. The Bertz CT molecular complexity index is 279. The maximum Gasteiger partial charge on any atom is 0.163 e. The van der Waals surface area contributed by atoms with E-state index in [1.54, 1.807) is 0 Å². The lowest BCUT2D eigenvalue weighted by Gasteiger charge is -2.36. The fourth-order valence-electron chi connectivity index (χ4n) is 2.65. The molecule has 15 heavy (non-hydrogen) atoms. The largest absolute Gasteiger partial charge is 0.393 e. The Morgan fingerprint density at radius 1 is 1.27 bits per heavy atom. The van der Waals surface area contributed by atoms with Crippen LogP contribution in [-0.2, 0) is 18.9 Å². The van der Waals surface area contributed by atoms with Crippen molar-refractivity contribution >= 4 is 0 Å². The molecule has 0 radical (unpaired) electrons. The van der Waals surface area contributed by atoms with Gasteiger partial charge in [-0.05, 0) is 13.8 Å². The summed E-state index contributed by atoms with van der Waals surface area (Å²) in [5, 5.41) is 9.44. The Kier molecular flexibility index (Phi) is 1.95. The van der Waals surface area contributed by atoms with Crippen LogP contribution in [-0.4, -0.2) is 48.2 Å². The minimum atomic E-state index is -0.721. The monoisotopic (exact) mass is 216 g/mol. The summed E-state index contributed by atoms with van der Waals surface area (Å²) in [7, 11) is 0. The molecule has 3 heterocycles. The van der Waals surface area contributed by atoms with Gasteiger partial charge in [0.2, 0.25) is 0 Å². The summed E-state index contributed by atoms with van der Waals surface area (Å²) >= 11 is 0. The second-order valence-corrected chi connectivity index (χ2v) is 4.91. The molecule has 86 valence electrons. The molecule has 0 aromatic rings. The number of rotatable bonds is 1. The van der Waals surface area contributed by atoms with Crippen LogP contribution in [0.3, 0.4) is 0 Å². The van der Waals surface area contributed by atoms with Crippen molar-refractivity contribution < 1.29 is 24.1 Å². The van der Waals surface area contributed by atoms with Crippen molar-refractivity contribution in [3.63, 3.8) is 0 Å². The van der Waals surface area contributed by atoms with Gasteiger partial charge in [0.1, 0.15) is 11.7 Å². The molecule has 3 rings (SSSR count). The molecule has 0 aromatic heterocycles. The van der Waals surface area contributed by atoms with E-state index in [9.17, 15) is 5.11 Å². The van der Waals surface area contributed by atoms with Crippen LogP contribution >= 0.6 is 0 Å². The first kappa shape index (κ1) is 9.99. The maximum atomic E-state index is 9.44. The van der Waals surface area contributed by atoms with E-state index < -0.39 is 11.4 Å². The molecule has 5 nitrogen and oxygen atoms in total. The third-order valence-corrected chi connectivity index (χ3v) is 3.27. The van der Waals surface area contributed by atoms with E-state index in [1.807, 2.05) is 13.8 Å². The highest BCUT2D eigenvalue weighted by atomic mass is 16.8. The lowest BCUT2D eigenvalue weighted by Crippen LogP contribution is -2.56. The number of aliphatic hydroxyl groups is 1. The van der Waals surface area contributed by atoms with Crippen molar-refractivity contribution in [1.29, 1.82) is 0 Å². The minimum Gasteiger partial charge on any atom is -0.393 e. The molecule has 4 atom stereocenters. The lowest BCUT2D eigenvalue weighted by molar-refractivity contribution is -0.198. The van der Waals surface area contributed by atoms with Crippen LogP contribution in [0.25, 0.3) is 0 Å². The molecule has 0 aromatic carbocycles. The molecule has 0 unspecified atom stereocenters. The number of aliphatic hydroxyl groups excluding tert-OH is 1. The summed E-state index contributed by atoms with van der Waals surface area (Å²) in [6.45, 7) is 4.05. The first-order valence-electron chi connectivity index (χ1n) is 5.31. The Morgan fingerprint density at radius 3 is 2.80 bits per heavy atom. The smallest absolute Gasteiger partial charge is 0.163 e. The van der Waals surface area contributed by atoms with Crippen molar-refractivity contribution in [2.75, 3.05) is 13.2 Å². The average Bonchev–Trinajstić information content (AvgIpc) is 2.67. The Labute approximate surface area is 88.3 Å². The van der Waals surface area contributed by atoms with E-state index in [2.05, 4.69) is 0 Å². The van der Waals surface area contributed by atoms with Crippen molar-refractivity contribution in [3.8, 4) is 0 Å². The van der Waals surface area contributed by atoms with E-state index >= 15 is 0 Å². The van der Waals surface area contributed by atoms with Gasteiger partial charge in [0.15, 0.2) is 12.1 Å². The predicted octanol–water partition coefficient (Wildman–Crippen LogP) is 0.0142. The Balaban J connectivity index is 1.91. The first-order valence-corrected chi connectivity index (χ1v) is 5.31. The van der Waals surface area contributed by atoms with Crippen LogP contribution in [0.5, 0.6) is 0 Å². The zero-order valence-corrected chi connectivity index (χ0v) is 8.93. The van der Waals surface area contributed by atoms with Crippen molar-refractivity contribution in [2.45, 2.75) is 50.2 Å². The van der Waals surface area contributed by atoms with Gasteiger partial charge in [0.25, 0.3) is 0 Å². The second kappa shape index (κ2) is 2.93. The SMILES string of the molecule is CC1(C)O[C@@H]2[C@@H](C[C@H]3OC[C@]2(CO)O3)O1. The quantitative estimate of drug-likeness (QED) is 0.669. The standard InChI is InChI=1S/C10H16O5/c1-9(2)13-6-3-7-12-5-10(4-11,14-7)8(6)15-9/h6-8,11H,3-5H2,1-2H3/t6-,7+,8-,10+/m1/s1. The first-order chi connectivity index (χ1) is 7.05. The van der Waals surface area contributed by atoms with Crippen molar-refractivity contribution in [3.05, 3.63) is 0 Å². The molecular formula is C10H16O5. The zero-order valence-electron chi connectivity index (χ0n) is 8.93. The van der Waals surface area contributed by atoms with Gasteiger partial charge in [-0.2, -0.15) is 0 Å². The summed E-state index contributed by atoms with van der Waals surface area (Å²) in [4.78, 5) is 0. The fraction of sp³-hybridized carbons (Fsp3) is 1.00. The van der Waals surface area contributed by atoms with E-state index in [0.717, 1.165) is 0 Å². The summed E-state index contributed by atoms with van der Waals surface area (Å²) in [6, 6.07) is 0. The van der Waals surface area contributed by atoms with Crippen LogP contribution in [0.2, 0.25) is 0 Å². The third kappa shape index (κ3) is 1.34. The number of fused-ring (bicyclic) bond motifs is 4. The molecule has 3 fully saturated rings. The predicted molar refractivity (Wildman–Crippen MR) is 49.1 cm³/mol. The van der Waals surface area contributed by atoms with Crippen LogP contribution in [0.1, 0.15) is 20.3 Å². The second-order valence-electron chi connectivity index (χ2n) is 4.91. The van der Waals surface area contributed by atoms with Crippen LogP contribution in [0.4, 0.5) is 0 Å².